The fourth-order valence-corrected chi connectivity index (χ4v) is 3.11. The number of amides is 3. The summed E-state index contributed by atoms with van der Waals surface area (Å²) in [5.41, 5.74) is 5.60. The molecule has 0 fully saturated rings. The second-order valence-electron chi connectivity index (χ2n) is 6.96. The topological polar surface area (TPSA) is 225 Å². The number of aliphatic carboxylic acids is 3. The number of nitrogens with one attached hydrogen (secondary N) is 3. The normalized spacial score (nSPS) is 14.3. The predicted octanol–water partition coefficient (Wildman–Crippen LogP) is -1.73. The van der Waals surface area contributed by atoms with Gasteiger partial charge in [-0.3, -0.25) is 24.0 Å². The highest BCUT2D eigenvalue weighted by Crippen LogP contribution is 2.06. The van der Waals surface area contributed by atoms with Crippen molar-refractivity contribution >= 4 is 60.0 Å². The summed E-state index contributed by atoms with van der Waals surface area (Å²) in [6.45, 7) is 0. The lowest BCUT2D eigenvalue weighted by Crippen LogP contribution is -2.57. The Morgan fingerprint density at radius 3 is 1.64 bits per heavy atom. The Morgan fingerprint density at radius 1 is 0.788 bits per heavy atom. The quantitative estimate of drug-likeness (QED) is 0.103. The molecule has 0 bridgehead atoms. The van der Waals surface area contributed by atoms with Crippen molar-refractivity contribution in [3.05, 3.63) is 0 Å². The van der Waals surface area contributed by atoms with E-state index in [4.69, 9.17) is 15.9 Å². The van der Waals surface area contributed by atoms with Gasteiger partial charge in [-0.25, -0.2) is 4.79 Å². The fraction of sp³-hybridized carbons (Fsp3) is 0.667. The zero-order chi connectivity index (χ0) is 25.6. The van der Waals surface area contributed by atoms with E-state index in [0.717, 1.165) is 0 Å². The van der Waals surface area contributed by atoms with E-state index in [-0.39, 0.29) is 18.6 Å². The van der Waals surface area contributed by atoms with Crippen molar-refractivity contribution in [3.8, 4) is 0 Å². The Kier molecular flexibility index (Phi) is 14.9. The number of hydrogen-bond acceptors (Lipinski definition) is 9. The monoisotopic (exact) mass is 510 g/mol. The largest absolute Gasteiger partial charge is 0.481 e. The van der Waals surface area contributed by atoms with Gasteiger partial charge in [-0.1, -0.05) is 0 Å². The molecule has 3 amide bonds. The minimum Gasteiger partial charge on any atom is -0.481 e. The molecular formula is C18H30N4O9S2. The maximum atomic E-state index is 12.8. The molecule has 15 heteroatoms. The van der Waals surface area contributed by atoms with Gasteiger partial charge in [-0.15, -0.1) is 0 Å². The van der Waals surface area contributed by atoms with Crippen LogP contribution in [0.4, 0.5) is 0 Å². The minimum atomic E-state index is -1.56. The Morgan fingerprint density at radius 2 is 1.21 bits per heavy atom. The second kappa shape index (κ2) is 16.1. The summed E-state index contributed by atoms with van der Waals surface area (Å²) in [4.78, 5) is 70.5. The van der Waals surface area contributed by atoms with Crippen LogP contribution >= 0.6 is 24.4 Å². The third-order valence-electron chi connectivity index (χ3n) is 4.32. The van der Waals surface area contributed by atoms with E-state index in [9.17, 15) is 33.9 Å². The van der Waals surface area contributed by atoms with Gasteiger partial charge in [-0.2, -0.15) is 24.4 Å². The van der Waals surface area contributed by atoms with Gasteiger partial charge in [0.15, 0.2) is 0 Å². The summed E-state index contributed by atoms with van der Waals surface area (Å²) in [6, 6.07) is -5.06. The van der Waals surface area contributed by atoms with Crippen molar-refractivity contribution < 1.29 is 44.1 Å². The van der Waals surface area contributed by atoms with Crippen LogP contribution < -0.4 is 21.7 Å². The summed E-state index contributed by atoms with van der Waals surface area (Å²) in [7, 11) is 0. The first kappa shape index (κ1) is 30.5. The molecule has 0 aromatic carbocycles. The first-order valence-corrected chi connectivity index (χ1v) is 11.9. The number of rotatable bonds is 17. The van der Waals surface area contributed by atoms with Crippen molar-refractivity contribution in [2.45, 2.75) is 56.3 Å². The van der Waals surface area contributed by atoms with Crippen molar-refractivity contribution in [1.82, 2.24) is 16.0 Å². The van der Waals surface area contributed by atoms with E-state index in [1.54, 1.807) is 6.26 Å². The number of thiol groups is 1. The van der Waals surface area contributed by atoms with Gasteiger partial charge in [0, 0.05) is 18.6 Å². The molecule has 0 heterocycles. The standard InChI is InChI=1S/C18H30N4O9S2/c1-33-7-6-11(20-15(27)9(19)8-32)17(29)21-10(2-4-13(23)24)16(28)22-12(18(30)31)3-5-14(25)26/h9-12,32H,2-8,19H2,1H3,(H,20,27)(H,21,29)(H,22,28)(H,23,24)(H,25,26)(H,30,31). The Bertz CT molecular complexity index is 723. The average molecular weight is 511 g/mol. The molecule has 0 spiro atoms. The van der Waals surface area contributed by atoms with Crippen molar-refractivity contribution in [2.75, 3.05) is 17.8 Å². The van der Waals surface area contributed by atoms with Gasteiger partial charge in [0.25, 0.3) is 0 Å². The van der Waals surface area contributed by atoms with Gasteiger partial charge >= 0.3 is 17.9 Å². The molecule has 0 saturated heterocycles. The van der Waals surface area contributed by atoms with E-state index in [1.807, 2.05) is 0 Å². The smallest absolute Gasteiger partial charge is 0.326 e. The third kappa shape index (κ3) is 12.9. The number of carboxylic acid groups (broad SMARTS) is 3. The van der Waals surface area contributed by atoms with E-state index >= 15 is 0 Å². The first-order valence-electron chi connectivity index (χ1n) is 9.85. The summed E-state index contributed by atoms with van der Waals surface area (Å²) in [6.07, 6.45) is 0.140. The number of carbonyl (C=O) groups is 6. The zero-order valence-corrected chi connectivity index (χ0v) is 19.7. The van der Waals surface area contributed by atoms with Crippen LogP contribution in [0.15, 0.2) is 0 Å². The third-order valence-corrected chi connectivity index (χ3v) is 5.36. The minimum absolute atomic E-state index is 0.0270. The molecule has 188 valence electrons. The average Bonchev–Trinajstić information content (AvgIpc) is 2.74. The zero-order valence-electron chi connectivity index (χ0n) is 18.0. The molecular weight excluding hydrogens is 480 g/mol. The van der Waals surface area contributed by atoms with Crippen LogP contribution in [-0.4, -0.2) is 92.9 Å². The van der Waals surface area contributed by atoms with Crippen LogP contribution in [0.3, 0.4) is 0 Å². The van der Waals surface area contributed by atoms with Crippen LogP contribution in [0, 0.1) is 0 Å². The maximum absolute atomic E-state index is 12.8. The molecule has 4 unspecified atom stereocenters. The van der Waals surface area contributed by atoms with Crippen LogP contribution in [-0.2, 0) is 28.8 Å². The van der Waals surface area contributed by atoms with Gasteiger partial charge in [0.1, 0.15) is 18.1 Å². The predicted molar refractivity (Wildman–Crippen MR) is 122 cm³/mol. The Labute approximate surface area is 200 Å². The van der Waals surface area contributed by atoms with Crippen molar-refractivity contribution in [1.29, 1.82) is 0 Å². The highest BCUT2D eigenvalue weighted by Gasteiger charge is 2.30. The SMILES string of the molecule is CSCCC(NC(=O)C(N)CS)C(=O)NC(CCC(=O)O)C(=O)NC(CCC(=O)O)C(=O)O. The van der Waals surface area contributed by atoms with Gasteiger partial charge < -0.3 is 37.0 Å². The second-order valence-corrected chi connectivity index (χ2v) is 8.31. The van der Waals surface area contributed by atoms with Gasteiger partial charge in [0.2, 0.25) is 17.7 Å². The highest BCUT2D eigenvalue weighted by molar-refractivity contribution is 7.98. The molecule has 4 atom stereocenters. The number of thioether (sulfide) groups is 1. The molecule has 33 heavy (non-hydrogen) atoms. The van der Waals surface area contributed by atoms with E-state index in [2.05, 4.69) is 28.6 Å². The molecule has 0 aromatic heterocycles. The van der Waals surface area contributed by atoms with Crippen LogP contribution in [0.5, 0.6) is 0 Å². The molecule has 0 aliphatic carbocycles. The molecule has 0 aromatic rings. The van der Waals surface area contributed by atoms with Crippen LogP contribution in [0.2, 0.25) is 0 Å². The molecule has 0 rings (SSSR count). The first-order chi connectivity index (χ1) is 15.4. The van der Waals surface area contributed by atoms with E-state index in [0.29, 0.717) is 5.75 Å². The lowest BCUT2D eigenvalue weighted by Gasteiger charge is -2.24. The van der Waals surface area contributed by atoms with Crippen molar-refractivity contribution in [2.24, 2.45) is 5.73 Å². The van der Waals surface area contributed by atoms with E-state index in [1.165, 1.54) is 11.8 Å². The molecule has 0 aliphatic heterocycles. The number of nitrogens with two attached hydrogens (primary N) is 1. The lowest BCUT2D eigenvalue weighted by molar-refractivity contribution is -0.144. The van der Waals surface area contributed by atoms with Crippen molar-refractivity contribution in [3.63, 3.8) is 0 Å². The number of hydrogen-bond donors (Lipinski definition) is 8. The molecule has 0 saturated carbocycles. The number of carbonyl (C=O) groups excluding carboxylic acids is 3. The van der Waals surface area contributed by atoms with Gasteiger partial charge in [0.05, 0.1) is 6.04 Å². The molecule has 8 N–H and O–H groups in total. The van der Waals surface area contributed by atoms with Gasteiger partial charge in [-0.05, 0) is 31.3 Å². The van der Waals surface area contributed by atoms with Crippen LogP contribution in [0.25, 0.3) is 0 Å². The molecule has 0 aliphatic rings. The number of carboxylic acids is 3. The summed E-state index contributed by atoms with van der Waals surface area (Å²) >= 11 is 5.32. The van der Waals surface area contributed by atoms with E-state index < -0.39 is 79.1 Å². The lowest BCUT2D eigenvalue weighted by atomic mass is 10.1. The molecule has 13 nitrogen and oxygen atoms in total. The highest BCUT2D eigenvalue weighted by atomic mass is 32.2. The van der Waals surface area contributed by atoms with Crippen LogP contribution in [0.1, 0.15) is 32.1 Å². The summed E-state index contributed by atoms with van der Waals surface area (Å²) in [5, 5.41) is 33.8. The Hall–Kier alpha value is -2.52. The summed E-state index contributed by atoms with van der Waals surface area (Å²) in [5.74, 6) is -5.93. The Balaban J connectivity index is 5.49. The maximum Gasteiger partial charge on any atom is 0.326 e. The molecule has 0 radical (unpaired) electrons. The summed E-state index contributed by atoms with van der Waals surface area (Å²) < 4.78 is 0. The fourth-order valence-electron chi connectivity index (χ4n) is 2.47.